The Morgan fingerprint density at radius 2 is 1.57 bits per heavy atom. The zero-order chi connectivity index (χ0) is 26.0. The summed E-state index contributed by atoms with van der Waals surface area (Å²) in [5.74, 6) is 1.11. The summed E-state index contributed by atoms with van der Waals surface area (Å²) in [5, 5.41) is 0. The summed E-state index contributed by atoms with van der Waals surface area (Å²) < 4.78 is 5.40. The van der Waals surface area contributed by atoms with Crippen molar-refractivity contribution in [2.75, 3.05) is 51.4 Å². The lowest BCUT2D eigenvalue weighted by molar-refractivity contribution is -0.141. The fourth-order valence-electron chi connectivity index (χ4n) is 5.92. The number of ether oxygens (including phenoxy) is 1. The van der Waals surface area contributed by atoms with Gasteiger partial charge in [-0.1, -0.05) is 37.3 Å². The van der Waals surface area contributed by atoms with Gasteiger partial charge in [-0.2, -0.15) is 0 Å². The lowest BCUT2D eigenvalue weighted by atomic mass is 9.85. The number of likely N-dealkylation sites (tertiary alicyclic amines) is 2. The Morgan fingerprint density at radius 1 is 0.919 bits per heavy atom. The molecule has 3 fully saturated rings. The predicted octanol–water partition coefficient (Wildman–Crippen LogP) is 3.23. The first-order valence-corrected chi connectivity index (χ1v) is 13.2. The third-order valence-corrected chi connectivity index (χ3v) is 8.26. The van der Waals surface area contributed by atoms with Crippen LogP contribution in [0.2, 0.25) is 0 Å². The van der Waals surface area contributed by atoms with Crippen molar-refractivity contribution in [3.05, 3.63) is 60.2 Å². The zero-order valence-corrected chi connectivity index (χ0v) is 21.8. The van der Waals surface area contributed by atoms with Gasteiger partial charge in [0, 0.05) is 31.9 Å². The number of methoxy groups -OCH3 is 1. The second-order valence-electron chi connectivity index (χ2n) is 10.5. The van der Waals surface area contributed by atoms with Crippen molar-refractivity contribution in [2.24, 2.45) is 5.92 Å². The molecule has 2 aromatic rings. The molecule has 0 atom stereocenters. The normalized spacial score (nSPS) is 20.0. The molecule has 37 heavy (non-hydrogen) atoms. The average Bonchev–Trinajstić information content (AvgIpc) is 3.20. The molecular weight excluding hydrogens is 468 g/mol. The van der Waals surface area contributed by atoms with Crippen molar-refractivity contribution in [3.63, 3.8) is 0 Å². The molecule has 1 spiro atoms. The fourth-order valence-corrected chi connectivity index (χ4v) is 5.92. The maximum absolute atomic E-state index is 14.0. The zero-order valence-electron chi connectivity index (χ0n) is 21.8. The molecule has 0 unspecified atom stereocenters. The van der Waals surface area contributed by atoms with E-state index in [1.54, 1.807) is 24.1 Å². The van der Waals surface area contributed by atoms with E-state index in [1.807, 2.05) is 52.3 Å². The molecule has 0 bridgehead atoms. The van der Waals surface area contributed by atoms with Gasteiger partial charge in [0.2, 0.25) is 5.91 Å². The Kier molecular flexibility index (Phi) is 7.09. The number of carbonyl (C=O) groups is 3. The van der Waals surface area contributed by atoms with Crippen molar-refractivity contribution < 1.29 is 19.1 Å². The largest absolute Gasteiger partial charge is 0.496 e. The highest BCUT2D eigenvalue weighted by molar-refractivity contribution is 5.99. The summed E-state index contributed by atoms with van der Waals surface area (Å²) in [6.07, 6.45) is 3.03. The monoisotopic (exact) mass is 504 g/mol. The highest BCUT2D eigenvalue weighted by Crippen LogP contribution is 2.40. The van der Waals surface area contributed by atoms with E-state index in [0.29, 0.717) is 49.8 Å². The number of benzene rings is 2. The van der Waals surface area contributed by atoms with Gasteiger partial charge in [-0.05, 0) is 55.9 Å². The van der Waals surface area contributed by atoms with Crippen molar-refractivity contribution >= 4 is 23.4 Å². The number of amides is 3. The number of anilines is 1. The average molecular weight is 505 g/mol. The van der Waals surface area contributed by atoms with Gasteiger partial charge in [0.05, 0.1) is 19.3 Å². The molecule has 3 heterocycles. The topological polar surface area (TPSA) is 73.4 Å². The molecule has 3 amide bonds. The Labute approximate surface area is 218 Å². The minimum absolute atomic E-state index is 0.0144. The SMILES string of the molecule is COc1ccccc1C(=O)N1CCC2(CC1)C(=O)N(CC(=O)N1CCC(C)CC1)CN2c1ccccc1. The van der Waals surface area contributed by atoms with Crippen LogP contribution in [0.4, 0.5) is 5.69 Å². The molecule has 0 saturated carbocycles. The number of carbonyl (C=O) groups excluding carboxylic acids is 3. The van der Waals surface area contributed by atoms with E-state index in [2.05, 4.69) is 11.8 Å². The second-order valence-corrected chi connectivity index (χ2v) is 10.5. The molecular formula is C29H36N4O4. The summed E-state index contributed by atoms with van der Waals surface area (Å²) in [6.45, 7) is 5.13. The van der Waals surface area contributed by atoms with Crippen molar-refractivity contribution in [2.45, 2.75) is 38.1 Å². The summed E-state index contributed by atoms with van der Waals surface area (Å²) in [6, 6.07) is 17.2. The lowest BCUT2D eigenvalue weighted by Crippen LogP contribution is -2.57. The molecule has 5 rings (SSSR count). The van der Waals surface area contributed by atoms with Crippen molar-refractivity contribution in [3.8, 4) is 5.75 Å². The summed E-state index contributed by atoms with van der Waals surface area (Å²) in [7, 11) is 1.56. The predicted molar refractivity (Wildman–Crippen MR) is 141 cm³/mol. The number of hydrogen-bond acceptors (Lipinski definition) is 5. The molecule has 8 nitrogen and oxygen atoms in total. The minimum Gasteiger partial charge on any atom is -0.496 e. The Bertz CT molecular complexity index is 1140. The lowest BCUT2D eigenvalue weighted by Gasteiger charge is -2.43. The Hall–Kier alpha value is -3.55. The van der Waals surface area contributed by atoms with E-state index in [0.717, 1.165) is 31.6 Å². The molecule has 3 aliphatic heterocycles. The molecule has 196 valence electrons. The third-order valence-electron chi connectivity index (χ3n) is 8.26. The molecule has 3 aliphatic rings. The molecule has 2 aromatic carbocycles. The molecule has 0 N–H and O–H groups in total. The number of rotatable bonds is 5. The van der Waals surface area contributed by atoms with Crippen molar-refractivity contribution in [1.82, 2.24) is 14.7 Å². The van der Waals surface area contributed by atoms with Crippen LogP contribution in [0.5, 0.6) is 5.75 Å². The van der Waals surface area contributed by atoms with Crippen LogP contribution in [-0.4, -0.2) is 84.5 Å². The first-order chi connectivity index (χ1) is 17.9. The summed E-state index contributed by atoms with van der Waals surface area (Å²) in [5.41, 5.74) is 0.721. The van der Waals surface area contributed by atoms with Crippen LogP contribution < -0.4 is 9.64 Å². The van der Waals surface area contributed by atoms with E-state index < -0.39 is 5.54 Å². The minimum atomic E-state index is -0.768. The van der Waals surface area contributed by atoms with Gasteiger partial charge in [0.15, 0.2) is 0 Å². The number of hydrogen-bond donors (Lipinski definition) is 0. The standard InChI is InChI=1S/C29H36N4O4/c1-22-12-16-30(17-13-22)26(34)20-32-21-33(23-8-4-3-5-9-23)29(28(32)36)14-18-31(19-15-29)27(35)24-10-6-7-11-25(24)37-2/h3-11,22H,12-21H2,1-2H3. The maximum Gasteiger partial charge on any atom is 0.257 e. The first-order valence-electron chi connectivity index (χ1n) is 13.2. The van der Waals surface area contributed by atoms with Crippen LogP contribution in [0.1, 0.15) is 43.0 Å². The van der Waals surface area contributed by atoms with Crippen molar-refractivity contribution in [1.29, 1.82) is 0 Å². The van der Waals surface area contributed by atoms with E-state index in [-0.39, 0.29) is 24.3 Å². The molecule has 0 aliphatic carbocycles. The van der Waals surface area contributed by atoms with Crippen LogP contribution >= 0.6 is 0 Å². The molecule has 3 saturated heterocycles. The van der Waals surface area contributed by atoms with Crippen LogP contribution in [-0.2, 0) is 9.59 Å². The Morgan fingerprint density at radius 3 is 2.24 bits per heavy atom. The summed E-state index contributed by atoms with van der Waals surface area (Å²) >= 11 is 0. The first kappa shape index (κ1) is 25.1. The van der Waals surface area contributed by atoms with E-state index in [4.69, 9.17) is 4.74 Å². The second kappa shape index (κ2) is 10.4. The molecule has 0 aromatic heterocycles. The van der Waals surface area contributed by atoms with E-state index in [1.165, 1.54) is 0 Å². The van der Waals surface area contributed by atoms with Crippen LogP contribution in [0.15, 0.2) is 54.6 Å². The number of para-hydroxylation sites is 2. The van der Waals surface area contributed by atoms with Gasteiger partial charge in [-0.3, -0.25) is 14.4 Å². The van der Waals surface area contributed by atoms with Gasteiger partial charge in [0.25, 0.3) is 11.8 Å². The summed E-state index contributed by atoms with van der Waals surface area (Å²) in [4.78, 5) is 48.0. The van der Waals surface area contributed by atoms with Gasteiger partial charge in [-0.15, -0.1) is 0 Å². The third kappa shape index (κ3) is 4.77. The molecule has 8 heteroatoms. The maximum atomic E-state index is 14.0. The highest BCUT2D eigenvalue weighted by atomic mass is 16.5. The van der Waals surface area contributed by atoms with Crippen LogP contribution in [0, 0.1) is 5.92 Å². The smallest absolute Gasteiger partial charge is 0.257 e. The molecule has 0 radical (unpaired) electrons. The van der Waals surface area contributed by atoms with E-state index in [9.17, 15) is 14.4 Å². The highest BCUT2D eigenvalue weighted by Gasteiger charge is 2.54. The fraction of sp³-hybridized carbons (Fsp3) is 0.483. The van der Waals surface area contributed by atoms with Gasteiger partial charge < -0.3 is 24.3 Å². The number of nitrogens with zero attached hydrogens (tertiary/aromatic N) is 4. The van der Waals surface area contributed by atoms with Gasteiger partial charge >= 0.3 is 0 Å². The van der Waals surface area contributed by atoms with Crippen LogP contribution in [0.25, 0.3) is 0 Å². The Balaban J connectivity index is 1.34. The van der Waals surface area contributed by atoms with Gasteiger partial charge in [0.1, 0.15) is 17.8 Å². The van der Waals surface area contributed by atoms with Gasteiger partial charge in [-0.25, -0.2) is 0 Å². The number of piperidine rings is 2. The quantitative estimate of drug-likeness (QED) is 0.625. The van der Waals surface area contributed by atoms with E-state index >= 15 is 0 Å². The van der Waals surface area contributed by atoms with Crippen LogP contribution in [0.3, 0.4) is 0 Å².